The highest BCUT2D eigenvalue weighted by Crippen LogP contribution is 2.20. The van der Waals surface area contributed by atoms with Crippen molar-refractivity contribution in [1.29, 1.82) is 0 Å². The Bertz CT molecular complexity index is 703. The monoisotopic (exact) mass is 353 g/mol. The highest BCUT2D eigenvalue weighted by atomic mass is 32.2. The fourth-order valence-corrected chi connectivity index (χ4v) is 3.80. The van der Waals surface area contributed by atoms with E-state index in [1.807, 2.05) is 18.2 Å². The lowest BCUT2D eigenvalue weighted by Crippen LogP contribution is -2.45. The molecule has 132 valence electrons. The molecular formula is C16H23N3O4S. The van der Waals surface area contributed by atoms with Gasteiger partial charge in [0.2, 0.25) is 15.9 Å². The van der Waals surface area contributed by atoms with Crippen LogP contribution in [0.25, 0.3) is 0 Å². The number of nitrogens with one attached hydrogen (secondary N) is 1. The van der Waals surface area contributed by atoms with Crippen LogP contribution < -0.4 is 10.2 Å². The number of carbonyl (C=O) groups excluding carboxylic acids is 1. The third-order valence-corrected chi connectivity index (χ3v) is 5.88. The second-order valence-electron chi connectivity index (χ2n) is 5.57. The molecule has 1 atom stereocenters. The number of para-hydroxylation sites is 1. The number of amides is 1. The minimum Gasteiger partial charge on any atom is -0.496 e. The van der Waals surface area contributed by atoms with E-state index in [1.54, 1.807) is 20.1 Å². The first-order chi connectivity index (χ1) is 11.5. The Hall–Kier alpha value is -1.93. The Kier molecular flexibility index (Phi) is 6.33. The van der Waals surface area contributed by atoms with E-state index in [9.17, 15) is 13.2 Å². The second kappa shape index (κ2) is 8.25. The molecule has 0 aromatic heterocycles. The number of carbonyl (C=O) groups is 1. The van der Waals surface area contributed by atoms with Crippen molar-refractivity contribution in [3.05, 3.63) is 29.8 Å². The van der Waals surface area contributed by atoms with E-state index in [1.165, 1.54) is 10.5 Å². The summed E-state index contributed by atoms with van der Waals surface area (Å²) in [5.41, 5.74) is 3.24. The van der Waals surface area contributed by atoms with E-state index in [0.29, 0.717) is 25.1 Å². The first-order valence-electron chi connectivity index (χ1n) is 7.91. The Labute approximate surface area is 142 Å². The Morgan fingerprint density at radius 3 is 2.92 bits per heavy atom. The molecule has 0 radical (unpaired) electrons. The molecule has 2 rings (SSSR count). The standard InChI is InChI=1S/C16H23N3O4S/c1-3-24(21,22)19-10-6-8-14(12-19)16(20)18-17-11-13-7-4-5-9-15(13)23-2/h4-5,7,9,11,14H,3,6,8,10,12H2,1-2H3,(H,18,20). The molecule has 8 heteroatoms. The number of rotatable bonds is 6. The third kappa shape index (κ3) is 4.55. The van der Waals surface area contributed by atoms with Crippen molar-refractivity contribution in [1.82, 2.24) is 9.73 Å². The van der Waals surface area contributed by atoms with Crippen LogP contribution in [0.4, 0.5) is 0 Å². The van der Waals surface area contributed by atoms with E-state index in [-0.39, 0.29) is 24.1 Å². The summed E-state index contributed by atoms with van der Waals surface area (Å²) in [6.45, 7) is 2.30. The van der Waals surface area contributed by atoms with Crippen LogP contribution in [0.3, 0.4) is 0 Å². The summed E-state index contributed by atoms with van der Waals surface area (Å²) in [5.74, 6) is 0.0632. The highest BCUT2D eigenvalue weighted by Gasteiger charge is 2.31. The van der Waals surface area contributed by atoms with Gasteiger partial charge in [-0.05, 0) is 31.9 Å². The van der Waals surface area contributed by atoms with Crippen molar-refractivity contribution in [3.63, 3.8) is 0 Å². The third-order valence-electron chi connectivity index (χ3n) is 4.03. The topological polar surface area (TPSA) is 88.1 Å². The molecule has 1 saturated heterocycles. The SMILES string of the molecule is CCS(=O)(=O)N1CCCC(C(=O)NN=Cc2ccccc2OC)C1. The van der Waals surface area contributed by atoms with Gasteiger partial charge in [-0.25, -0.2) is 18.1 Å². The number of methoxy groups -OCH3 is 1. The summed E-state index contributed by atoms with van der Waals surface area (Å²) < 4.78 is 30.5. The zero-order valence-electron chi connectivity index (χ0n) is 13.9. The predicted molar refractivity (Wildman–Crippen MR) is 92.5 cm³/mol. The van der Waals surface area contributed by atoms with Gasteiger partial charge in [0.1, 0.15) is 5.75 Å². The maximum absolute atomic E-state index is 12.2. The quantitative estimate of drug-likeness (QED) is 0.615. The van der Waals surface area contributed by atoms with Crippen molar-refractivity contribution in [2.75, 3.05) is 26.0 Å². The summed E-state index contributed by atoms with van der Waals surface area (Å²) in [5, 5.41) is 3.96. The molecule has 1 amide bonds. The zero-order chi connectivity index (χ0) is 17.6. The molecule has 24 heavy (non-hydrogen) atoms. The summed E-state index contributed by atoms with van der Waals surface area (Å²) in [6, 6.07) is 7.32. The van der Waals surface area contributed by atoms with Crippen LogP contribution in [0, 0.1) is 5.92 Å². The lowest BCUT2D eigenvalue weighted by Gasteiger charge is -2.30. The molecule has 1 aliphatic rings. The number of hydrogen-bond donors (Lipinski definition) is 1. The van der Waals surface area contributed by atoms with Gasteiger partial charge in [0.05, 0.1) is 25.0 Å². The number of piperidine rings is 1. The molecule has 1 unspecified atom stereocenters. The number of hydrazone groups is 1. The zero-order valence-corrected chi connectivity index (χ0v) is 14.8. The van der Waals surface area contributed by atoms with Crippen molar-refractivity contribution < 1.29 is 17.9 Å². The Balaban J connectivity index is 1.96. The van der Waals surface area contributed by atoms with Crippen LogP contribution in [-0.4, -0.2) is 50.8 Å². The number of hydrogen-bond acceptors (Lipinski definition) is 5. The molecule has 7 nitrogen and oxygen atoms in total. The maximum Gasteiger partial charge on any atom is 0.244 e. The number of ether oxygens (including phenoxy) is 1. The highest BCUT2D eigenvalue weighted by molar-refractivity contribution is 7.89. The van der Waals surface area contributed by atoms with Gasteiger partial charge >= 0.3 is 0 Å². The first-order valence-corrected chi connectivity index (χ1v) is 9.52. The lowest BCUT2D eigenvalue weighted by atomic mass is 9.99. The molecule has 0 spiro atoms. The molecule has 1 aromatic rings. The molecule has 0 bridgehead atoms. The van der Waals surface area contributed by atoms with Crippen LogP contribution in [0.5, 0.6) is 5.75 Å². The van der Waals surface area contributed by atoms with Crippen LogP contribution in [0.1, 0.15) is 25.3 Å². The molecule has 1 N–H and O–H groups in total. The largest absolute Gasteiger partial charge is 0.496 e. The first kappa shape index (κ1) is 18.4. The van der Waals surface area contributed by atoms with E-state index in [2.05, 4.69) is 10.5 Å². The number of nitrogens with zero attached hydrogens (tertiary/aromatic N) is 2. The molecular weight excluding hydrogens is 330 g/mol. The Morgan fingerprint density at radius 1 is 1.46 bits per heavy atom. The van der Waals surface area contributed by atoms with Gasteiger partial charge in [0.25, 0.3) is 0 Å². The Morgan fingerprint density at radius 2 is 2.21 bits per heavy atom. The van der Waals surface area contributed by atoms with E-state index in [0.717, 1.165) is 5.56 Å². The number of sulfonamides is 1. The fraction of sp³-hybridized carbons (Fsp3) is 0.500. The van der Waals surface area contributed by atoms with Gasteiger partial charge in [0.15, 0.2) is 0 Å². The molecule has 1 heterocycles. The van der Waals surface area contributed by atoms with Gasteiger partial charge in [-0.1, -0.05) is 12.1 Å². The average molecular weight is 353 g/mol. The fourth-order valence-electron chi connectivity index (χ4n) is 2.62. The van der Waals surface area contributed by atoms with Gasteiger partial charge < -0.3 is 4.74 Å². The van der Waals surface area contributed by atoms with Gasteiger partial charge in [-0.2, -0.15) is 5.10 Å². The summed E-state index contributed by atoms with van der Waals surface area (Å²) >= 11 is 0. The minimum atomic E-state index is -3.26. The van der Waals surface area contributed by atoms with E-state index >= 15 is 0 Å². The van der Waals surface area contributed by atoms with Crippen LogP contribution in [-0.2, 0) is 14.8 Å². The predicted octanol–water partition coefficient (Wildman–Crippen LogP) is 1.21. The summed E-state index contributed by atoms with van der Waals surface area (Å²) in [4.78, 5) is 12.2. The van der Waals surface area contributed by atoms with Gasteiger partial charge in [-0.3, -0.25) is 4.79 Å². The van der Waals surface area contributed by atoms with Gasteiger partial charge in [-0.15, -0.1) is 0 Å². The molecule has 1 aliphatic heterocycles. The van der Waals surface area contributed by atoms with Crippen molar-refractivity contribution in [2.24, 2.45) is 11.0 Å². The van der Waals surface area contributed by atoms with Crippen molar-refractivity contribution in [2.45, 2.75) is 19.8 Å². The van der Waals surface area contributed by atoms with E-state index < -0.39 is 10.0 Å². The van der Waals surface area contributed by atoms with Crippen LogP contribution in [0.2, 0.25) is 0 Å². The van der Waals surface area contributed by atoms with Gasteiger partial charge in [0, 0.05) is 18.7 Å². The van der Waals surface area contributed by atoms with Crippen molar-refractivity contribution in [3.8, 4) is 5.75 Å². The van der Waals surface area contributed by atoms with Crippen LogP contribution in [0.15, 0.2) is 29.4 Å². The normalized spacial score (nSPS) is 19.3. The van der Waals surface area contributed by atoms with E-state index in [4.69, 9.17) is 4.74 Å². The molecule has 1 aromatic carbocycles. The summed E-state index contributed by atoms with van der Waals surface area (Å²) in [6.07, 6.45) is 2.85. The summed E-state index contributed by atoms with van der Waals surface area (Å²) in [7, 11) is -1.70. The second-order valence-corrected chi connectivity index (χ2v) is 7.83. The molecule has 1 fully saturated rings. The minimum absolute atomic E-state index is 0.0489. The van der Waals surface area contributed by atoms with Crippen molar-refractivity contribution >= 4 is 22.1 Å². The molecule has 0 aliphatic carbocycles. The smallest absolute Gasteiger partial charge is 0.244 e. The average Bonchev–Trinajstić information content (AvgIpc) is 2.62. The van der Waals surface area contributed by atoms with Crippen LogP contribution >= 0.6 is 0 Å². The maximum atomic E-state index is 12.2. The molecule has 0 saturated carbocycles. The lowest BCUT2D eigenvalue weighted by molar-refractivity contribution is -0.126. The number of benzene rings is 1.